The second-order valence-corrected chi connectivity index (χ2v) is 4.90. The Morgan fingerprint density at radius 2 is 2.11 bits per heavy atom. The molecule has 0 bridgehead atoms. The zero-order valence-electron chi connectivity index (χ0n) is 11.3. The van der Waals surface area contributed by atoms with Gasteiger partial charge in [0.2, 0.25) is 0 Å². The molecule has 1 aromatic carbocycles. The van der Waals surface area contributed by atoms with E-state index >= 15 is 0 Å². The van der Waals surface area contributed by atoms with Crippen molar-refractivity contribution in [2.24, 2.45) is 0 Å². The second-order valence-electron chi connectivity index (χ2n) is 4.90. The Morgan fingerprint density at radius 1 is 1.39 bits per heavy atom. The number of carbonyl (C=O) groups excluding carboxylic acids is 1. The van der Waals surface area contributed by atoms with E-state index in [-0.39, 0.29) is 5.91 Å². The molecule has 3 heteroatoms. The number of nitrogens with one attached hydrogen (secondary N) is 2. The summed E-state index contributed by atoms with van der Waals surface area (Å²) in [4.78, 5) is 12.0. The number of hydrogen-bond donors (Lipinski definition) is 2. The summed E-state index contributed by atoms with van der Waals surface area (Å²) < 4.78 is 0. The minimum absolute atomic E-state index is 0.0470. The molecule has 1 aromatic rings. The van der Waals surface area contributed by atoms with Gasteiger partial charge >= 0.3 is 0 Å². The van der Waals surface area contributed by atoms with Gasteiger partial charge in [0.05, 0.1) is 0 Å². The molecule has 0 unspecified atom stereocenters. The SMILES string of the molecule is CCNC(=O)c1cccc(C2CCNCC2)c1C. The highest BCUT2D eigenvalue weighted by atomic mass is 16.1. The van der Waals surface area contributed by atoms with E-state index in [9.17, 15) is 4.79 Å². The van der Waals surface area contributed by atoms with Crippen LogP contribution in [0.5, 0.6) is 0 Å². The number of hydrogen-bond acceptors (Lipinski definition) is 2. The second kappa shape index (κ2) is 6.01. The highest BCUT2D eigenvalue weighted by Crippen LogP contribution is 2.29. The first kappa shape index (κ1) is 13.1. The van der Waals surface area contributed by atoms with Gasteiger partial charge in [-0.2, -0.15) is 0 Å². The quantitative estimate of drug-likeness (QED) is 0.858. The van der Waals surface area contributed by atoms with Gasteiger partial charge in [0.1, 0.15) is 0 Å². The molecule has 0 saturated carbocycles. The van der Waals surface area contributed by atoms with Gasteiger partial charge in [0, 0.05) is 12.1 Å². The normalized spacial score (nSPS) is 16.6. The summed E-state index contributed by atoms with van der Waals surface area (Å²) in [6.07, 6.45) is 2.33. The first-order valence-corrected chi connectivity index (χ1v) is 6.82. The zero-order chi connectivity index (χ0) is 13.0. The van der Waals surface area contributed by atoms with Crippen LogP contribution in [0.1, 0.15) is 47.2 Å². The molecule has 0 aliphatic carbocycles. The van der Waals surface area contributed by atoms with Crippen molar-refractivity contribution in [2.75, 3.05) is 19.6 Å². The van der Waals surface area contributed by atoms with Crippen LogP contribution >= 0.6 is 0 Å². The third-order valence-corrected chi connectivity index (χ3v) is 3.74. The van der Waals surface area contributed by atoms with Crippen LogP contribution in [0, 0.1) is 6.92 Å². The molecule has 1 fully saturated rings. The smallest absolute Gasteiger partial charge is 0.251 e. The molecule has 3 nitrogen and oxygen atoms in total. The minimum atomic E-state index is 0.0470. The number of rotatable bonds is 3. The van der Waals surface area contributed by atoms with E-state index in [2.05, 4.69) is 23.6 Å². The van der Waals surface area contributed by atoms with Gasteiger partial charge in [-0.05, 0) is 62.9 Å². The Hall–Kier alpha value is -1.35. The standard InChI is InChI=1S/C15H22N2O/c1-3-17-15(18)14-6-4-5-13(11(14)2)12-7-9-16-10-8-12/h4-6,12,16H,3,7-10H2,1-2H3,(H,17,18). The summed E-state index contributed by atoms with van der Waals surface area (Å²) in [7, 11) is 0. The number of piperidine rings is 1. The summed E-state index contributed by atoms with van der Waals surface area (Å²) in [6, 6.07) is 6.11. The average Bonchev–Trinajstić information content (AvgIpc) is 2.40. The predicted molar refractivity (Wildman–Crippen MR) is 74.0 cm³/mol. The lowest BCUT2D eigenvalue weighted by atomic mass is 9.86. The predicted octanol–water partition coefficient (Wildman–Crippen LogP) is 2.21. The van der Waals surface area contributed by atoms with Gasteiger partial charge in [-0.25, -0.2) is 0 Å². The minimum Gasteiger partial charge on any atom is -0.352 e. The van der Waals surface area contributed by atoms with Crippen LogP contribution < -0.4 is 10.6 Å². The van der Waals surface area contributed by atoms with Crippen LogP contribution in [0.15, 0.2) is 18.2 Å². The molecule has 2 rings (SSSR count). The number of carbonyl (C=O) groups is 1. The molecule has 0 atom stereocenters. The van der Waals surface area contributed by atoms with Gasteiger partial charge in [0.15, 0.2) is 0 Å². The topological polar surface area (TPSA) is 41.1 Å². The highest BCUT2D eigenvalue weighted by molar-refractivity contribution is 5.95. The largest absolute Gasteiger partial charge is 0.352 e. The van der Waals surface area contributed by atoms with Crippen LogP contribution in [-0.4, -0.2) is 25.5 Å². The van der Waals surface area contributed by atoms with Gasteiger partial charge in [-0.3, -0.25) is 4.79 Å². The molecular formula is C15H22N2O. The van der Waals surface area contributed by atoms with Gasteiger partial charge in [-0.1, -0.05) is 12.1 Å². The van der Waals surface area contributed by atoms with Gasteiger partial charge < -0.3 is 10.6 Å². The summed E-state index contributed by atoms with van der Waals surface area (Å²) >= 11 is 0. The molecule has 98 valence electrons. The molecule has 1 aliphatic heterocycles. The van der Waals surface area contributed by atoms with Crippen LogP contribution in [0.4, 0.5) is 0 Å². The monoisotopic (exact) mass is 246 g/mol. The van der Waals surface area contributed by atoms with Crippen molar-refractivity contribution in [3.63, 3.8) is 0 Å². The average molecular weight is 246 g/mol. The third-order valence-electron chi connectivity index (χ3n) is 3.74. The van der Waals surface area contributed by atoms with E-state index in [1.807, 2.05) is 19.1 Å². The first-order valence-electron chi connectivity index (χ1n) is 6.82. The van der Waals surface area contributed by atoms with Crippen LogP contribution in [0.3, 0.4) is 0 Å². The summed E-state index contributed by atoms with van der Waals surface area (Å²) in [5, 5.41) is 6.26. The van der Waals surface area contributed by atoms with E-state index in [0.29, 0.717) is 12.5 Å². The lowest BCUT2D eigenvalue weighted by Crippen LogP contribution is -2.28. The maximum atomic E-state index is 12.0. The number of amides is 1. The molecule has 0 radical (unpaired) electrons. The van der Waals surface area contributed by atoms with Crippen LogP contribution in [0.2, 0.25) is 0 Å². The van der Waals surface area contributed by atoms with E-state index < -0.39 is 0 Å². The summed E-state index contributed by atoms with van der Waals surface area (Å²) in [6.45, 7) is 6.85. The Kier molecular flexibility index (Phi) is 4.37. The maximum Gasteiger partial charge on any atom is 0.251 e. The molecule has 2 N–H and O–H groups in total. The van der Waals surface area contributed by atoms with Crippen molar-refractivity contribution < 1.29 is 4.79 Å². The van der Waals surface area contributed by atoms with E-state index in [4.69, 9.17) is 0 Å². The third kappa shape index (κ3) is 2.72. The molecule has 18 heavy (non-hydrogen) atoms. The fourth-order valence-electron chi connectivity index (χ4n) is 2.73. The fraction of sp³-hybridized carbons (Fsp3) is 0.533. The van der Waals surface area contributed by atoms with Crippen molar-refractivity contribution in [1.29, 1.82) is 0 Å². The lowest BCUT2D eigenvalue weighted by molar-refractivity contribution is 0.0955. The first-order chi connectivity index (χ1) is 8.74. The molecule has 1 heterocycles. The van der Waals surface area contributed by atoms with Crippen molar-refractivity contribution >= 4 is 5.91 Å². The molecule has 1 amide bonds. The van der Waals surface area contributed by atoms with E-state index in [1.165, 1.54) is 18.4 Å². The molecule has 1 saturated heterocycles. The maximum absolute atomic E-state index is 12.0. The Bertz CT molecular complexity index is 423. The fourth-order valence-corrected chi connectivity index (χ4v) is 2.73. The summed E-state index contributed by atoms with van der Waals surface area (Å²) in [5.41, 5.74) is 3.32. The van der Waals surface area contributed by atoms with Crippen LogP contribution in [-0.2, 0) is 0 Å². The molecular weight excluding hydrogens is 224 g/mol. The van der Waals surface area contributed by atoms with Crippen molar-refractivity contribution in [2.45, 2.75) is 32.6 Å². The molecule has 0 aromatic heterocycles. The Labute approximate surface area is 109 Å². The van der Waals surface area contributed by atoms with Crippen LogP contribution in [0.25, 0.3) is 0 Å². The zero-order valence-corrected chi connectivity index (χ0v) is 11.3. The lowest BCUT2D eigenvalue weighted by Gasteiger charge is -2.25. The van der Waals surface area contributed by atoms with Crippen molar-refractivity contribution in [3.05, 3.63) is 34.9 Å². The summed E-state index contributed by atoms with van der Waals surface area (Å²) in [5.74, 6) is 0.645. The van der Waals surface area contributed by atoms with E-state index in [1.54, 1.807) is 0 Å². The van der Waals surface area contributed by atoms with E-state index in [0.717, 1.165) is 24.2 Å². The number of benzene rings is 1. The highest BCUT2D eigenvalue weighted by Gasteiger charge is 2.19. The Balaban J connectivity index is 2.26. The van der Waals surface area contributed by atoms with Crippen molar-refractivity contribution in [1.82, 2.24) is 10.6 Å². The molecule has 1 aliphatic rings. The Morgan fingerprint density at radius 3 is 2.78 bits per heavy atom. The van der Waals surface area contributed by atoms with Gasteiger partial charge in [-0.15, -0.1) is 0 Å². The van der Waals surface area contributed by atoms with Gasteiger partial charge in [0.25, 0.3) is 5.91 Å². The molecule has 0 spiro atoms. The van der Waals surface area contributed by atoms with Crippen molar-refractivity contribution in [3.8, 4) is 0 Å².